The molecule has 0 radical (unpaired) electrons. The second-order valence-electron chi connectivity index (χ2n) is 7.37. The van der Waals surface area contributed by atoms with Gasteiger partial charge in [-0.05, 0) is 38.5 Å². The van der Waals surface area contributed by atoms with E-state index in [-0.39, 0.29) is 23.9 Å². The second-order valence-corrected chi connectivity index (χ2v) is 7.37. The molecular formula is C21H23N5O2. The predicted molar refractivity (Wildman–Crippen MR) is 106 cm³/mol. The number of carbonyl (C=O) groups excluding carboxylic acids is 2. The van der Waals surface area contributed by atoms with Crippen molar-refractivity contribution in [1.82, 2.24) is 24.8 Å². The quantitative estimate of drug-likeness (QED) is 0.741. The van der Waals surface area contributed by atoms with Gasteiger partial charge >= 0.3 is 0 Å². The van der Waals surface area contributed by atoms with E-state index in [1.807, 2.05) is 48.7 Å². The molecule has 1 unspecified atom stereocenters. The van der Waals surface area contributed by atoms with Crippen LogP contribution in [0.2, 0.25) is 0 Å². The lowest BCUT2D eigenvalue weighted by Gasteiger charge is -2.29. The van der Waals surface area contributed by atoms with Crippen molar-refractivity contribution in [3.05, 3.63) is 54.5 Å². The summed E-state index contributed by atoms with van der Waals surface area (Å²) in [5.41, 5.74) is 2.86. The number of para-hydroxylation sites is 1. The van der Waals surface area contributed by atoms with Crippen molar-refractivity contribution in [2.24, 2.45) is 0 Å². The van der Waals surface area contributed by atoms with Gasteiger partial charge in [-0.3, -0.25) is 14.2 Å². The summed E-state index contributed by atoms with van der Waals surface area (Å²) in [4.78, 5) is 35.3. The van der Waals surface area contributed by atoms with Gasteiger partial charge in [-0.2, -0.15) is 0 Å². The van der Waals surface area contributed by atoms with Crippen LogP contribution in [0, 0.1) is 0 Å². The number of benzene rings is 1. The smallest absolute Gasteiger partial charge is 0.255 e. The Morgan fingerprint density at radius 1 is 1.29 bits per heavy atom. The Morgan fingerprint density at radius 2 is 2.07 bits per heavy atom. The Hall–Kier alpha value is -3.22. The van der Waals surface area contributed by atoms with Crippen molar-refractivity contribution in [2.45, 2.75) is 38.8 Å². The van der Waals surface area contributed by atoms with E-state index in [1.54, 1.807) is 23.5 Å². The Morgan fingerprint density at radius 3 is 2.75 bits per heavy atom. The molecule has 144 valence electrons. The summed E-state index contributed by atoms with van der Waals surface area (Å²) in [6.07, 6.45) is 4.60. The molecule has 0 aliphatic carbocycles. The van der Waals surface area contributed by atoms with Gasteiger partial charge in [-0.15, -0.1) is 0 Å². The molecule has 4 rings (SSSR count). The first kappa shape index (κ1) is 18.2. The zero-order chi connectivity index (χ0) is 19.7. The average molecular weight is 377 g/mol. The summed E-state index contributed by atoms with van der Waals surface area (Å²) in [6.45, 7) is 4.45. The minimum Gasteiger partial charge on any atom is -0.352 e. The third-order valence-electron chi connectivity index (χ3n) is 5.06. The molecule has 1 N–H and O–H groups in total. The van der Waals surface area contributed by atoms with E-state index in [0.29, 0.717) is 29.7 Å². The lowest BCUT2D eigenvalue weighted by atomic mass is 10.1. The van der Waals surface area contributed by atoms with Gasteiger partial charge in [0.05, 0.1) is 5.56 Å². The molecule has 2 aromatic heterocycles. The van der Waals surface area contributed by atoms with Gasteiger partial charge in [0, 0.05) is 36.9 Å². The van der Waals surface area contributed by atoms with Gasteiger partial charge in [0.1, 0.15) is 11.8 Å². The fourth-order valence-corrected chi connectivity index (χ4v) is 3.54. The van der Waals surface area contributed by atoms with Gasteiger partial charge < -0.3 is 10.2 Å². The maximum absolute atomic E-state index is 13.1. The van der Waals surface area contributed by atoms with Gasteiger partial charge in [-0.25, -0.2) is 9.97 Å². The van der Waals surface area contributed by atoms with E-state index in [1.165, 1.54) is 0 Å². The van der Waals surface area contributed by atoms with Crippen molar-refractivity contribution in [3.8, 4) is 5.69 Å². The standard InChI is InChI=1S/C21H23N5O2/c1-14(2)25(12-16-8-9-19(27)24-16)21(28)15-10-18-20(22-11-15)26(13-23-18)17-6-4-3-5-7-17/h3-7,10-11,13-14,16H,8-9,12H2,1-2H3,(H,24,27). The summed E-state index contributed by atoms with van der Waals surface area (Å²) in [7, 11) is 0. The van der Waals surface area contributed by atoms with E-state index >= 15 is 0 Å². The summed E-state index contributed by atoms with van der Waals surface area (Å²) in [5, 5.41) is 2.93. The van der Waals surface area contributed by atoms with Crippen LogP contribution in [0.4, 0.5) is 0 Å². The number of aromatic nitrogens is 3. The molecule has 0 bridgehead atoms. The van der Waals surface area contributed by atoms with E-state index in [9.17, 15) is 9.59 Å². The summed E-state index contributed by atoms with van der Waals surface area (Å²) in [6, 6.07) is 11.7. The van der Waals surface area contributed by atoms with Crippen molar-refractivity contribution in [2.75, 3.05) is 6.54 Å². The molecule has 3 aromatic rings. The molecule has 2 amide bonds. The van der Waals surface area contributed by atoms with Crippen molar-refractivity contribution in [3.63, 3.8) is 0 Å². The second kappa shape index (κ2) is 7.42. The first-order valence-corrected chi connectivity index (χ1v) is 9.52. The van der Waals surface area contributed by atoms with Crippen LogP contribution in [0.25, 0.3) is 16.9 Å². The molecule has 0 spiro atoms. The molecule has 1 fully saturated rings. The van der Waals surface area contributed by atoms with Crippen LogP contribution in [0.5, 0.6) is 0 Å². The largest absolute Gasteiger partial charge is 0.352 e. The van der Waals surface area contributed by atoms with Crippen molar-refractivity contribution < 1.29 is 9.59 Å². The lowest BCUT2D eigenvalue weighted by Crippen LogP contribution is -2.45. The van der Waals surface area contributed by atoms with E-state index in [4.69, 9.17) is 0 Å². The third-order valence-corrected chi connectivity index (χ3v) is 5.06. The number of nitrogens with one attached hydrogen (secondary N) is 1. The molecule has 1 aliphatic heterocycles. The number of hydrogen-bond acceptors (Lipinski definition) is 4. The normalized spacial score (nSPS) is 16.5. The first-order valence-electron chi connectivity index (χ1n) is 9.52. The van der Waals surface area contributed by atoms with Crippen molar-refractivity contribution in [1.29, 1.82) is 0 Å². The van der Waals surface area contributed by atoms with Crippen LogP contribution in [0.3, 0.4) is 0 Å². The van der Waals surface area contributed by atoms with Gasteiger partial charge in [-0.1, -0.05) is 18.2 Å². The number of amides is 2. The zero-order valence-corrected chi connectivity index (χ0v) is 16.0. The maximum Gasteiger partial charge on any atom is 0.255 e. The van der Waals surface area contributed by atoms with Crippen LogP contribution in [0.1, 0.15) is 37.0 Å². The third kappa shape index (κ3) is 3.47. The molecule has 3 heterocycles. The average Bonchev–Trinajstić information content (AvgIpc) is 3.31. The Bertz CT molecular complexity index is 1010. The number of nitrogens with zero attached hydrogens (tertiary/aromatic N) is 4. The van der Waals surface area contributed by atoms with Crippen LogP contribution < -0.4 is 5.32 Å². The zero-order valence-electron chi connectivity index (χ0n) is 16.0. The number of hydrogen-bond donors (Lipinski definition) is 1. The number of imidazole rings is 1. The number of pyridine rings is 1. The monoisotopic (exact) mass is 377 g/mol. The van der Waals surface area contributed by atoms with E-state index in [2.05, 4.69) is 15.3 Å². The fraction of sp³-hybridized carbons (Fsp3) is 0.333. The summed E-state index contributed by atoms with van der Waals surface area (Å²) < 4.78 is 1.90. The number of carbonyl (C=O) groups is 2. The van der Waals surface area contributed by atoms with Crippen molar-refractivity contribution >= 4 is 23.0 Å². The molecule has 1 aliphatic rings. The molecule has 1 aromatic carbocycles. The Labute approximate surface area is 163 Å². The number of fused-ring (bicyclic) bond motifs is 1. The molecular weight excluding hydrogens is 354 g/mol. The molecule has 7 nitrogen and oxygen atoms in total. The van der Waals surface area contributed by atoms with Crippen LogP contribution in [-0.4, -0.2) is 49.9 Å². The number of rotatable bonds is 5. The molecule has 7 heteroatoms. The highest BCUT2D eigenvalue weighted by atomic mass is 16.2. The van der Waals surface area contributed by atoms with Gasteiger partial charge in [0.2, 0.25) is 5.91 Å². The molecule has 1 atom stereocenters. The summed E-state index contributed by atoms with van der Waals surface area (Å²) >= 11 is 0. The molecule has 1 saturated heterocycles. The topological polar surface area (TPSA) is 80.1 Å². The highest BCUT2D eigenvalue weighted by Gasteiger charge is 2.27. The van der Waals surface area contributed by atoms with Crippen LogP contribution >= 0.6 is 0 Å². The summed E-state index contributed by atoms with van der Waals surface area (Å²) in [5.74, 6) is -0.0458. The van der Waals surface area contributed by atoms with Gasteiger partial charge in [0.25, 0.3) is 5.91 Å². The Balaban J connectivity index is 1.60. The predicted octanol–water partition coefficient (Wildman–Crippen LogP) is 2.55. The minimum atomic E-state index is -0.0974. The molecule has 28 heavy (non-hydrogen) atoms. The van der Waals surface area contributed by atoms with Gasteiger partial charge in [0.15, 0.2) is 5.65 Å². The maximum atomic E-state index is 13.1. The first-order chi connectivity index (χ1) is 13.5. The van der Waals surface area contributed by atoms with Crippen LogP contribution in [0.15, 0.2) is 48.9 Å². The minimum absolute atomic E-state index is 0.00725. The Kier molecular flexibility index (Phi) is 4.81. The van der Waals surface area contributed by atoms with E-state index in [0.717, 1.165) is 12.1 Å². The highest BCUT2D eigenvalue weighted by molar-refractivity contribution is 5.96. The fourth-order valence-electron chi connectivity index (χ4n) is 3.54. The van der Waals surface area contributed by atoms with E-state index < -0.39 is 0 Å². The lowest BCUT2D eigenvalue weighted by molar-refractivity contribution is -0.119. The molecule has 0 saturated carbocycles. The van der Waals surface area contributed by atoms with Crippen LogP contribution in [-0.2, 0) is 4.79 Å². The SMILES string of the molecule is CC(C)N(CC1CCC(=O)N1)C(=O)c1cnc2c(c1)ncn2-c1ccccc1. The highest BCUT2D eigenvalue weighted by Crippen LogP contribution is 2.19.